The predicted octanol–water partition coefficient (Wildman–Crippen LogP) is 3.88. The molecule has 0 N–H and O–H groups in total. The van der Waals surface area contributed by atoms with Gasteiger partial charge in [-0.25, -0.2) is 4.98 Å². The number of benzene rings is 2. The molecule has 3 nitrogen and oxygen atoms in total. The summed E-state index contributed by atoms with van der Waals surface area (Å²) in [4.78, 5) is 15.7. The maximum atomic E-state index is 11.4. The van der Waals surface area contributed by atoms with Crippen molar-refractivity contribution in [1.29, 1.82) is 0 Å². The van der Waals surface area contributed by atoms with E-state index in [4.69, 9.17) is 11.6 Å². The summed E-state index contributed by atoms with van der Waals surface area (Å²) in [6, 6.07) is 13.1. The number of hydrogen-bond donors (Lipinski definition) is 0. The van der Waals surface area contributed by atoms with Crippen LogP contribution in [0.2, 0.25) is 5.02 Å². The largest absolute Gasteiger partial charge is 0.299 e. The van der Waals surface area contributed by atoms with Gasteiger partial charge in [-0.05, 0) is 43.3 Å². The van der Waals surface area contributed by atoms with Crippen molar-refractivity contribution >= 4 is 28.4 Å². The smallest absolute Gasteiger partial charge is 0.159 e. The molecule has 0 aliphatic rings. The standard InChI is InChI=1S/C15H11ClN2O/c1-10(19)11-5-6-15-14(7-11)17-9-18(15)13-4-2-3-12(16)8-13/h2-9H,1H3. The van der Waals surface area contributed by atoms with Crippen molar-refractivity contribution in [1.82, 2.24) is 9.55 Å². The van der Waals surface area contributed by atoms with E-state index in [-0.39, 0.29) is 5.78 Å². The van der Waals surface area contributed by atoms with Crippen molar-refractivity contribution in [2.24, 2.45) is 0 Å². The molecule has 0 aliphatic carbocycles. The number of Topliss-reactive ketones (excluding diaryl/α,β-unsaturated/α-hetero) is 1. The van der Waals surface area contributed by atoms with Crippen LogP contribution in [0.5, 0.6) is 0 Å². The molecule has 0 bridgehead atoms. The first kappa shape index (κ1) is 11.9. The number of carbonyl (C=O) groups is 1. The Kier molecular flexibility index (Phi) is 2.84. The number of fused-ring (bicyclic) bond motifs is 1. The molecule has 19 heavy (non-hydrogen) atoms. The molecule has 4 heteroatoms. The van der Waals surface area contributed by atoms with E-state index in [9.17, 15) is 4.79 Å². The monoisotopic (exact) mass is 270 g/mol. The first-order chi connectivity index (χ1) is 9.15. The lowest BCUT2D eigenvalue weighted by Gasteiger charge is -2.04. The Bertz CT molecular complexity index is 777. The van der Waals surface area contributed by atoms with Crippen LogP contribution >= 0.6 is 11.6 Å². The quantitative estimate of drug-likeness (QED) is 0.662. The minimum absolute atomic E-state index is 0.0409. The third-order valence-corrected chi connectivity index (χ3v) is 3.28. The number of aromatic nitrogens is 2. The average Bonchev–Trinajstić information content (AvgIpc) is 2.81. The normalized spacial score (nSPS) is 10.8. The Morgan fingerprint density at radius 1 is 1.21 bits per heavy atom. The minimum Gasteiger partial charge on any atom is -0.299 e. The van der Waals surface area contributed by atoms with Crippen LogP contribution < -0.4 is 0 Å². The van der Waals surface area contributed by atoms with E-state index in [0.717, 1.165) is 16.7 Å². The first-order valence-electron chi connectivity index (χ1n) is 5.89. The molecule has 0 fully saturated rings. The Hall–Kier alpha value is -2.13. The fourth-order valence-electron chi connectivity index (χ4n) is 2.06. The van der Waals surface area contributed by atoms with Crippen molar-refractivity contribution in [3.05, 3.63) is 59.4 Å². The zero-order valence-electron chi connectivity index (χ0n) is 10.3. The van der Waals surface area contributed by atoms with E-state index < -0.39 is 0 Å². The van der Waals surface area contributed by atoms with Gasteiger partial charge in [-0.1, -0.05) is 17.7 Å². The molecule has 0 unspecified atom stereocenters. The van der Waals surface area contributed by atoms with Gasteiger partial charge in [-0.3, -0.25) is 9.36 Å². The van der Waals surface area contributed by atoms with Crippen LogP contribution in [0.1, 0.15) is 17.3 Å². The minimum atomic E-state index is 0.0409. The Labute approximate surface area is 115 Å². The van der Waals surface area contributed by atoms with Crippen LogP contribution in [-0.4, -0.2) is 15.3 Å². The molecular formula is C15H11ClN2O. The van der Waals surface area contributed by atoms with Gasteiger partial charge in [0.2, 0.25) is 0 Å². The predicted molar refractivity (Wildman–Crippen MR) is 76.1 cm³/mol. The SMILES string of the molecule is CC(=O)c1ccc2c(c1)ncn2-c1cccc(Cl)c1. The maximum absolute atomic E-state index is 11.4. The zero-order chi connectivity index (χ0) is 13.4. The number of carbonyl (C=O) groups excluding carboxylic acids is 1. The van der Waals surface area contributed by atoms with Crippen LogP contribution in [0.15, 0.2) is 48.8 Å². The summed E-state index contributed by atoms with van der Waals surface area (Å²) in [5.41, 5.74) is 3.37. The van der Waals surface area contributed by atoms with E-state index in [2.05, 4.69) is 4.98 Å². The molecular weight excluding hydrogens is 260 g/mol. The van der Waals surface area contributed by atoms with Crippen LogP contribution in [-0.2, 0) is 0 Å². The topological polar surface area (TPSA) is 34.9 Å². The van der Waals surface area contributed by atoms with Gasteiger partial charge < -0.3 is 0 Å². The summed E-state index contributed by atoms with van der Waals surface area (Å²) >= 11 is 6.00. The molecule has 0 aliphatic heterocycles. The average molecular weight is 271 g/mol. The zero-order valence-corrected chi connectivity index (χ0v) is 11.1. The fraction of sp³-hybridized carbons (Fsp3) is 0.0667. The lowest BCUT2D eigenvalue weighted by molar-refractivity contribution is 0.101. The number of ketones is 1. The highest BCUT2D eigenvalue weighted by atomic mass is 35.5. The lowest BCUT2D eigenvalue weighted by Crippen LogP contribution is -1.93. The summed E-state index contributed by atoms with van der Waals surface area (Å²) in [6.45, 7) is 1.55. The van der Waals surface area contributed by atoms with E-state index in [1.807, 2.05) is 41.0 Å². The van der Waals surface area contributed by atoms with Gasteiger partial charge in [0.15, 0.2) is 5.78 Å². The Morgan fingerprint density at radius 3 is 2.79 bits per heavy atom. The van der Waals surface area contributed by atoms with Crippen LogP contribution in [0, 0.1) is 0 Å². The van der Waals surface area contributed by atoms with Gasteiger partial charge in [0.25, 0.3) is 0 Å². The molecule has 0 saturated carbocycles. The van der Waals surface area contributed by atoms with Crippen LogP contribution in [0.25, 0.3) is 16.7 Å². The molecule has 2 aromatic carbocycles. The van der Waals surface area contributed by atoms with Gasteiger partial charge in [-0.2, -0.15) is 0 Å². The molecule has 3 rings (SSSR count). The Morgan fingerprint density at radius 2 is 2.05 bits per heavy atom. The van der Waals surface area contributed by atoms with Gasteiger partial charge in [0.1, 0.15) is 6.33 Å². The lowest BCUT2D eigenvalue weighted by atomic mass is 10.1. The second kappa shape index (κ2) is 4.52. The number of nitrogens with zero attached hydrogens (tertiary/aromatic N) is 2. The van der Waals surface area contributed by atoms with Gasteiger partial charge in [-0.15, -0.1) is 0 Å². The van der Waals surface area contributed by atoms with Crippen molar-refractivity contribution in [3.8, 4) is 5.69 Å². The fourth-order valence-corrected chi connectivity index (χ4v) is 2.25. The van der Waals surface area contributed by atoms with Gasteiger partial charge in [0, 0.05) is 16.3 Å². The molecule has 0 spiro atoms. The Balaban J connectivity index is 2.18. The molecule has 3 aromatic rings. The first-order valence-corrected chi connectivity index (χ1v) is 6.27. The van der Waals surface area contributed by atoms with Crippen molar-refractivity contribution in [2.75, 3.05) is 0 Å². The highest BCUT2D eigenvalue weighted by Crippen LogP contribution is 2.21. The van der Waals surface area contributed by atoms with E-state index >= 15 is 0 Å². The molecule has 0 amide bonds. The van der Waals surface area contributed by atoms with E-state index in [1.54, 1.807) is 19.3 Å². The molecule has 94 valence electrons. The summed E-state index contributed by atoms with van der Waals surface area (Å²) in [5, 5.41) is 0.680. The summed E-state index contributed by atoms with van der Waals surface area (Å²) in [5.74, 6) is 0.0409. The molecule has 0 radical (unpaired) electrons. The number of halogens is 1. The van der Waals surface area contributed by atoms with E-state index in [0.29, 0.717) is 10.6 Å². The third kappa shape index (κ3) is 2.13. The maximum Gasteiger partial charge on any atom is 0.159 e. The second-order valence-electron chi connectivity index (χ2n) is 4.35. The molecule has 1 aromatic heterocycles. The third-order valence-electron chi connectivity index (χ3n) is 3.04. The number of imidazole rings is 1. The van der Waals surface area contributed by atoms with Crippen molar-refractivity contribution in [2.45, 2.75) is 6.92 Å². The van der Waals surface area contributed by atoms with Crippen LogP contribution in [0.3, 0.4) is 0 Å². The summed E-state index contributed by atoms with van der Waals surface area (Å²) in [6.07, 6.45) is 1.74. The van der Waals surface area contributed by atoms with Gasteiger partial charge in [0.05, 0.1) is 11.0 Å². The summed E-state index contributed by atoms with van der Waals surface area (Å²) < 4.78 is 1.95. The molecule has 0 saturated heterocycles. The van der Waals surface area contributed by atoms with Crippen LogP contribution in [0.4, 0.5) is 0 Å². The highest BCUT2D eigenvalue weighted by molar-refractivity contribution is 6.30. The molecule has 1 heterocycles. The van der Waals surface area contributed by atoms with E-state index in [1.165, 1.54) is 0 Å². The number of rotatable bonds is 2. The number of hydrogen-bond acceptors (Lipinski definition) is 2. The van der Waals surface area contributed by atoms with Gasteiger partial charge >= 0.3 is 0 Å². The second-order valence-corrected chi connectivity index (χ2v) is 4.79. The van der Waals surface area contributed by atoms with Crippen molar-refractivity contribution < 1.29 is 4.79 Å². The molecule has 0 atom stereocenters. The summed E-state index contributed by atoms with van der Waals surface area (Å²) in [7, 11) is 0. The highest BCUT2D eigenvalue weighted by Gasteiger charge is 2.07. The van der Waals surface area contributed by atoms with Crippen molar-refractivity contribution in [3.63, 3.8) is 0 Å².